The molecular weight excluding hydrogens is 440 g/mol. The summed E-state index contributed by atoms with van der Waals surface area (Å²) in [5.41, 5.74) is 2.84. The van der Waals surface area contributed by atoms with Gasteiger partial charge < -0.3 is 0 Å². The second-order valence-electron chi connectivity index (χ2n) is 7.09. The summed E-state index contributed by atoms with van der Waals surface area (Å²) in [5.74, 6) is 0. The fourth-order valence-electron chi connectivity index (χ4n) is 3.16. The molecule has 0 atom stereocenters. The van der Waals surface area contributed by atoms with E-state index in [1.807, 2.05) is 12.2 Å². The number of fused-ring (bicyclic) bond motifs is 1. The quantitative estimate of drug-likeness (QED) is 0.283. The van der Waals surface area contributed by atoms with Crippen LogP contribution in [0.1, 0.15) is 17.5 Å². The maximum Gasteiger partial charge on any atom is -0.0809 e. The fraction of sp³-hybridized carbons (Fsp3) is 0.103. The minimum Gasteiger partial charge on any atom is -0.168 e. The normalized spacial score (nSPS) is 11.4. The van der Waals surface area contributed by atoms with Gasteiger partial charge in [-0.2, -0.15) is 23.6 Å². The standard InChI is InChI=1S/C15H14.C9H7.C5H5.Zr/c1-3-8-14(9-4-1)12-7-13-15-10-5-2-6-11-15;1-2-5-9-7-3-6-8(9)4-1;1-2-4-5-3-1;/h1-6,8-11H,12-13H2;1-7H;1-3H,4H2;/q;2*-1;+2. The molecule has 5 rings (SSSR count). The van der Waals surface area contributed by atoms with Crippen molar-refractivity contribution in [2.45, 2.75) is 19.3 Å². The molecule has 0 amide bonds. The molecule has 146 valence electrons. The van der Waals surface area contributed by atoms with Crippen LogP contribution in [0.25, 0.3) is 10.8 Å². The average Bonchev–Trinajstić information content (AvgIpc) is 3.51. The second kappa shape index (κ2) is 12.9. The maximum absolute atomic E-state index is 2.99. The van der Waals surface area contributed by atoms with Crippen molar-refractivity contribution >= 4 is 14.0 Å². The summed E-state index contributed by atoms with van der Waals surface area (Å²) in [6, 6.07) is 36.1. The zero-order valence-corrected chi connectivity index (χ0v) is 19.6. The molecule has 0 N–H and O–H groups in total. The number of allylic oxidation sites excluding steroid dienone is 4. The summed E-state index contributed by atoms with van der Waals surface area (Å²) in [6.07, 6.45) is 12.2. The predicted molar refractivity (Wildman–Crippen MR) is 126 cm³/mol. The molecule has 0 nitrogen and oxygen atoms in total. The van der Waals surface area contributed by atoms with E-state index in [2.05, 4.69) is 115 Å². The van der Waals surface area contributed by atoms with Crippen molar-refractivity contribution in [3.8, 4) is 0 Å². The first-order valence-electron chi connectivity index (χ1n) is 10.3. The van der Waals surface area contributed by atoms with E-state index >= 15 is 0 Å². The smallest absolute Gasteiger partial charge is 0.0809 e. The Bertz CT molecular complexity index is 985. The largest absolute Gasteiger partial charge is 0.168 e. The average molecular weight is 466 g/mol. The van der Waals surface area contributed by atoms with Gasteiger partial charge in [0.1, 0.15) is 0 Å². The molecular formula is C29H26Zr. The van der Waals surface area contributed by atoms with Gasteiger partial charge in [0.25, 0.3) is 0 Å². The van der Waals surface area contributed by atoms with Gasteiger partial charge in [-0.3, -0.25) is 6.08 Å². The van der Waals surface area contributed by atoms with Crippen LogP contribution in [0, 0.1) is 6.08 Å². The minimum absolute atomic E-state index is 1.01. The molecule has 0 heterocycles. The van der Waals surface area contributed by atoms with Gasteiger partial charge in [0.2, 0.25) is 0 Å². The van der Waals surface area contributed by atoms with Gasteiger partial charge in [0.15, 0.2) is 0 Å². The Hall–Kier alpha value is -2.50. The van der Waals surface area contributed by atoms with Crippen LogP contribution in [0.2, 0.25) is 0 Å². The molecule has 1 aliphatic rings. The van der Waals surface area contributed by atoms with E-state index in [1.165, 1.54) is 21.9 Å². The van der Waals surface area contributed by atoms with Crippen molar-refractivity contribution in [1.82, 2.24) is 0 Å². The summed E-state index contributed by atoms with van der Waals surface area (Å²) in [6.45, 7) is 0. The summed E-state index contributed by atoms with van der Waals surface area (Å²) >= 11 is 1.55. The van der Waals surface area contributed by atoms with Gasteiger partial charge in [0, 0.05) is 0 Å². The summed E-state index contributed by atoms with van der Waals surface area (Å²) in [7, 11) is 0. The molecule has 0 unspecified atom stereocenters. The molecule has 0 radical (unpaired) electrons. The second-order valence-corrected chi connectivity index (χ2v) is 8.82. The van der Waals surface area contributed by atoms with Crippen LogP contribution in [-0.2, 0) is 37.1 Å². The van der Waals surface area contributed by atoms with Crippen LogP contribution in [0.5, 0.6) is 0 Å². The van der Waals surface area contributed by atoms with E-state index in [0.29, 0.717) is 0 Å². The molecule has 4 aromatic carbocycles. The zero-order valence-electron chi connectivity index (χ0n) is 17.2. The van der Waals surface area contributed by atoms with Gasteiger partial charge in [-0.1, -0.05) is 6.07 Å². The molecule has 1 aliphatic carbocycles. The first-order chi connectivity index (χ1) is 14.8. The number of rotatable bonds is 4. The van der Waals surface area contributed by atoms with Gasteiger partial charge >= 0.3 is 112 Å². The first-order valence-corrected chi connectivity index (χ1v) is 11.5. The molecule has 0 bridgehead atoms. The van der Waals surface area contributed by atoms with Crippen LogP contribution in [0.4, 0.5) is 0 Å². The number of benzene rings is 3. The Balaban J connectivity index is 0.000000151. The monoisotopic (exact) mass is 464 g/mol. The van der Waals surface area contributed by atoms with Gasteiger partial charge in [0.05, 0.1) is 0 Å². The van der Waals surface area contributed by atoms with Crippen molar-refractivity contribution in [2.75, 3.05) is 0 Å². The molecule has 0 aromatic heterocycles. The van der Waals surface area contributed by atoms with Crippen molar-refractivity contribution in [1.29, 1.82) is 0 Å². The van der Waals surface area contributed by atoms with Crippen molar-refractivity contribution in [2.24, 2.45) is 0 Å². The molecule has 0 fully saturated rings. The third-order valence-corrected chi connectivity index (χ3v) is 5.52. The molecule has 0 saturated carbocycles. The first kappa shape index (κ1) is 22.2. The van der Waals surface area contributed by atoms with Gasteiger partial charge in [-0.05, 0) is 0 Å². The Labute approximate surface area is 195 Å². The van der Waals surface area contributed by atoms with Gasteiger partial charge in [-0.25, -0.2) is 12.2 Å². The number of hydrogen-bond acceptors (Lipinski definition) is 0. The predicted octanol–water partition coefficient (Wildman–Crippen LogP) is 7.06. The van der Waals surface area contributed by atoms with Crippen LogP contribution in [-0.4, -0.2) is 3.21 Å². The van der Waals surface area contributed by atoms with Crippen molar-refractivity contribution in [3.05, 3.63) is 139 Å². The van der Waals surface area contributed by atoms with E-state index in [1.54, 1.807) is 27.4 Å². The SMILES string of the molecule is [C-]1=CC=CC1.[Zr+2]=[C](Cc1ccccc1)Cc1ccccc1.c1ccc2[cH-]ccc2c1. The third kappa shape index (κ3) is 8.09. The van der Waals surface area contributed by atoms with Crippen molar-refractivity contribution in [3.63, 3.8) is 0 Å². The van der Waals surface area contributed by atoms with Crippen LogP contribution < -0.4 is 0 Å². The molecule has 0 spiro atoms. The van der Waals surface area contributed by atoms with E-state index in [-0.39, 0.29) is 0 Å². The van der Waals surface area contributed by atoms with Crippen LogP contribution in [0.3, 0.4) is 0 Å². The number of hydrogen-bond donors (Lipinski definition) is 0. The maximum atomic E-state index is 2.99. The molecule has 0 saturated heterocycles. The van der Waals surface area contributed by atoms with E-state index < -0.39 is 0 Å². The Morgan fingerprint density at radius 2 is 1.37 bits per heavy atom. The Kier molecular flexibility index (Phi) is 9.57. The Morgan fingerprint density at radius 3 is 1.87 bits per heavy atom. The topological polar surface area (TPSA) is 0 Å². The molecule has 30 heavy (non-hydrogen) atoms. The molecule has 4 aromatic rings. The Morgan fingerprint density at radius 1 is 0.767 bits per heavy atom. The summed E-state index contributed by atoms with van der Waals surface area (Å²) in [5, 5.41) is 2.66. The summed E-state index contributed by atoms with van der Waals surface area (Å²) < 4.78 is 1.60. The van der Waals surface area contributed by atoms with Crippen molar-refractivity contribution < 1.29 is 24.2 Å². The van der Waals surface area contributed by atoms with Crippen LogP contribution in [0.15, 0.2) is 121 Å². The van der Waals surface area contributed by atoms with E-state index in [9.17, 15) is 0 Å². The molecule has 1 heteroatoms. The van der Waals surface area contributed by atoms with E-state index in [4.69, 9.17) is 0 Å². The van der Waals surface area contributed by atoms with Gasteiger partial charge in [-0.15, -0.1) is 36.1 Å². The summed E-state index contributed by atoms with van der Waals surface area (Å²) in [4.78, 5) is 0. The van der Waals surface area contributed by atoms with E-state index in [0.717, 1.165) is 19.3 Å². The third-order valence-electron chi connectivity index (χ3n) is 4.65. The minimum atomic E-state index is 1.01. The molecule has 0 aliphatic heterocycles. The van der Waals surface area contributed by atoms with Crippen LogP contribution >= 0.6 is 0 Å². The zero-order chi connectivity index (χ0) is 20.9. The fourth-order valence-corrected chi connectivity index (χ4v) is 4.16.